The predicted molar refractivity (Wildman–Crippen MR) is 83.4 cm³/mol. The van der Waals surface area contributed by atoms with Gasteiger partial charge in [0, 0.05) is 19.6 Å². The Hall–Kier alpha value is -2.41. The Morgan fingerprint density at radius 3 is 2.68 bits per heavy atom. The first-order valence-corrected chi connectivity index (χ1v) is 7.69. The number of carbonyl (C=O) groups is 2. The molecule has 1 aliphatic rings. The second-order valence-electron chi connectivity index (χ2n) is 5.06. The summed E-state index contributed by atoms with van der Waals surface area (Å²) < 4.78 is 0. The van der Waals surface area contributed by atoms with Crippen LogP contribution in [0.3, 0.4) is 0 Å². The summed E-state index contributed by atoms with van der Waals surface area (Å²) >= 11 is 1.04. The summed E-state index contributed by atoms with van der Waals surface area (Å²) in [4.78, 5) is 31.3. The van der Waals surface area contributed by atoms with E-state index < -0.39 is 5.97 Å². The van der Waals surface area contributed by atoms with Crippen LogP contribution in [-0.2, 0) is 6.54 Å². The van der Waals surface area contributed by atoms with Crippen LogP contribution in [0.5, 0.6) is 0 Å². The van der Waals surface area contributed by atoms with Crippen LogP contribution in [0, 0.1) is 6.92 Å². The van der Waals surface area contributed by atoms with Crippen molar-refractivity contribution in [3.63, 3.8) is 0 Å². The maximum atomic E-state index is 12.5. The molecule has 1 aliphatic heterocycles. The molecule has 3 rings (SSSR count). The molecule has 114 valence electrons. The highest BCUT2D eigenvalue weighted by Gasteiger charge is 2.32. The third kappa shape index (κ3) is 2.67. The molecule has 0 radical (unpaired) electrons. The fourth-order valence-corrected chi connectivity index (χ4v) is 3.33. The van der Waals surface area contributed by atoms with Crippen molar-refractivity contribution in [1.29, 1.82) is 0 Å². The average Bonchev–Trinajstić information content (AvgIpc) is 3.04. The predicted octanol–water partition coefficient (Wildman–Crippen LogP) is 2.59. The molecule has 0 aliphatic carbocycles. The number of amides is 2. The van der Waals surface area contributed by atoms with Gasteiger partial charge in [-0.2, -0.15) is 0 Å². The van der Waals surface area contributed by atoms with E-state index in [1.807, 2.05) is 30.3 Å². The van der Waals surface area contributed by atoms with Gasteiger partial charge in [-0.3, -0.25) is 4.90 Å². The number of urea groups is 1. The van der Waals surface area contributed by atoms with Gasteiger partial charge >= 0.3 is 12.0 Å². The van der Waals surface area contributed by atoms with Crippen molar-refractivity contribution in [1.82, 2.24) is 9.88 Å². The van der Waals surface area contributed by atoms with Gasteiger partial charge in [0.1, 0.15) is 4.88 Å². The lowest BCUT2D eigenvalue weighted by Gasteiger charge is -2.16. The van der Waals surface area contributed by atoms with Crippen molar-refractivity contribution in [2.75, 3.05) is 18.0 Å². The van der Waals surface area contributed by atoms with Crippen LogP contribution in [0.15, 0.2) is 30.3 Å². The molecule has 0 spiro atoms. The van der Waals surface area contributed by atoms with E-state index in [0.717, 1.165) is 16.9 Å². The van der Waals surface area contributed by atoms with Crippen LogP contribution < -0.4 is 4.90 Å². The van der Waals surface area contributed by atoms with E-state index in [1.54, 1.807) is 16.7 Å². The summed E-state index contributed by atoms with van der Waals surface area (Å²) in [5.74, 6) is -1.01. The molecule has 7 heteroatoms. The van der Waals surface area contributed by atoms with Crippen molar-refractivity contribution in [2.24, 2.45) is 0 Å². The first-order chi connectivity index (χ1) is 10.6. The SMILES string of the molecule is Cc1nc(N2CCN(Cc3ccccc3)C2=O)sc1C(=O)O. The fourth-order valence-electron chi connectivity index (χ4n) is 2.41. The number of aromatic nitrogens is 1. The number of carbonyl (C=O) groups excluding carboxylic acids is 1. The lowest BCUT2D eigenvalue weighted by atomic mass is 10.2. The molecule has 6 nitrogen and oxygen atoms in total. The summed E-state index contributed by atoms with van der Waals surface area (Å²) in [6, 6.07) is 9.65. The number of aromatic carboxylic acids is 1. The van der Waals surface area contributed by atoms with Crippen LogP contribution in [0.2, 0.25) is 0 Å². The largest absolute Gasteiger partial charge is 0.477 e. The van der Waals surface area contributed by atoms with Gasteiger partial charge in [-0.1, -0.05) is 41.7 Å². The van der Waals surface area contributed by atoms with Crippen molar-refractivity contribution >= 4 is 28.5 Å². The summed E-state index contributed by atoms with van der Waals surface area (Å²) in [5.41, 5.74) is 1.51. The van der Waals surface area contributed by atoms with E-state index in [1.165, 1.54) is 0 Å². The van der Waals surface area contributed by atoms with Crippen molar-refractivity contribution in [3.8, 4) is 0 Å². The molecule has 0 unspecified atom stereocenters. The number of anilines is 1. The van der Waals surface area contributed by atoms with Crippen LogP contribution in [0.4, 0.5) is 9.93 Å². The Balaban J connectivity index is 1.76. The average molecular weight is 317 g/mol. The molecule has 2 aromatic rings. The molecule has 1 aromatic heterocycles. The molecule has 0 saturated carbocycles. The maximum Gasteiger partial charge on any atom is 0.347 e. The van der Waals surface area contributed by atoms with Crippen LogP contribution in [0.25, 0.3) is 0 Å². The first-order valence-electron chi connectivity index (χ1n) is 6.87. The van der Waals surface area contributed by atoms with Gasteiger partial charge in [-0.05, 0) is 12.5 Å². The van der Waals surface area contributed by atoms with Gasteiger partial charge in [0.2, 0.25) is 0 Å². The van der Waals surface area contributed by atoms with Crippen molar-refractivity contribution in [3.05, 3.63) is 46.5 Å². The van der Waals surface area contributed by atoms with Gasteiger partial charge in [-0.15, -0.1) is 0 Å². The summed E-state index contributed by atoms with van der Waals surface area (Å²) in [6.07, 6.45) is 0. The lowest BCUT2D eigenvalue weighted by Crippen LogP contribution is -2.31. The quantitative estimate of drug-likeness (QED) is 0.940. The number of carboxylic acid groups (broad SMARTS) is 1. The van der Waals surface area contributed by atoms with E-state index in [0.29, 0.717) is 30.5 Å². The third-order valence-electron chi connectivity index (χ3n) is 3.52. The van der Waals surface area contributed by atoms with Gasteiger partial charge < -0.3 is 10.0 Å². The molecule has 0 bridgehead atoms. The van der Waals surface area contributed by atoms with E-state index >= 15 is 0 Å². The fraction of sp³-hybridized carbons (Fsp3) is 0.267. The van der Waals surface area contributed by atoms with Crippen LogP contribution in [0.1, 0.15) is 20.9 Å². The molecular weight excluding hydrogens is 302 g/mol. The van der Waals surface area contributed by atoms with E-state index in [9.17, 15) is 9.59 Å². The number of benzene rings is 1. The van der Waals surface area contributed by atoms with Gasteiger partial charge in [0.05, 0.1) is 5.69 Å². The monoisotopic (exact) mass is 317 g/mol. The zero-order chi connectivity index (χ0) is 15.7. The summed E-state index contributed by atoms with van der Waals surface area (Å²) in [7, 11) is 0. The Labute approximate surface area is 131 Å². The number of aryl methyl sites for hydroxylation is 1. The highest BCUT2D eigenvalue weighted by molar-refractivity contribution is 7.17. The van der Waals surface area contributed by atoms with Gasteiger partial charge in [-0.25, -0.2) is 14.6 Å². The minimum atomic E-state index is -1.01. The smallest absolute Gasteiger partial charge is 0.347 e. The van der Waals surface area contributed by atoms with Crippen molar-refractivity contribution in [2.45, 2.75) is 13.5 Å². The number of carboxylic acids is 1. The zero-order valence-electron chi connectivity index (χ0n) is 12.0. The number of hydrogen-bond donors (Lipinski definition) is 1. The Bertz CT molecular complexity index is 714. The van der Waals surface area contributed by atoms with E-state index in [2.05, 4.69) is 4.98 Å². The Kier molecular flexibility index (Phi) is 3.81. The highest BCUT2D eigenvalue weighted by Crippen LogP contribution is 2.29. The maximum absolute atomic E-state index is 12.5. The number of nitrogens with zero attached hydrogens (tertiary/aromatic N) is 3. The lowest BCUT2D eigenvalue weighted by molar-refractivity contribution is 0.0701. The minimum Gasteiger partial charge on any atom is -0.477 e. The van der Waals surface area contributed by atoms with Crippen LogP contribution >= 0.6 is 11.3 Å². The standard InChI is InChI=1S/C15H15N3O3S/c1-10-12(13(19)20)22-14(16-10)18-8-7-17(15(18)21)9-11-5-3-2-4-6-11/h2-6H,7-9H2,1H3,(H,19,20). The minimum absolute atomic E-state index is 0.130. The first kappa shape index (κ1) is 14.5. The summed E-state index contributed by atoms with van der Waals surface area (Å²) in [5, 5.41) is 9.55. The molecule has 22 heavy (non-hydrogen) atoms. The summed E-state index contributed by atoms with van der Waals surface area (Å²) in [6.45, 7) is 3.32. The van der Waals surface area contributed by atoms with Gasteiger partial charge in [0.25, 0.3) is 0 Å². The number of rotatable bonds is 4. The van der Waals surface area contributed by atoms with Gasteiger partial charge in [0.15, 0.2) is 5.13 Å². The van der Waals surface area contributed by atoms with E-state index in [-0.39, 0.29) is 10.9 Å². The van der Waals surface area contributed by atoms with E-state index in [4.69, 9.17) is 5.11 Å². The molecule has 2 heterocycles. The number of thiazole rings is 1. The Morgan fingerprint density at radius 2 is 2.05 bits per heavy atom. The second-order valence-corrected chi connectivity index (χ2v) is 6.04. The Morgan fingerprint density at radius 1 is 1.32 bits per heavy atom. The number of hydrogen-bond acceptors (Lipinski definition) is 4. The normalized spacial score (nSPS) is 14.7. The highest BCUT2D eigenvalue weighted by atomic mass is 32.1. The molecule has 1 saturated heterocycles. The molecule has 1 N–H and O–H groups in total. The zero-order valence-corrected chi connectivity index (χ0v) is 12.8. The van der Waals surface area contributed by atoms with Crippen LogP contribution in [-0.4, -0.2) is 40.1 Å². The molecule has 2 amide bonds. The molecule has 0 atom stereocenters. The van der Waals surface area contributed by atoms with Crippen molar-refractivity contribution < 1.29 is 14.7 Å². The molecule has 1 aromatic carbocycles. The topological polar surface area (TPSA) is 73.7 Å². The second kappa shape index (κ2) is 5.76. The molecule has 1 fully saturated rings. The third-order valence-corrected chi connectivity index (χ3v) is 4.69. The molecular formula is C15H15N3O3S.